The number of fused-ring (bicyclic) bond motifs is 1. The molecule has 1 heterocycles. The molecule has 2 aliphatic rings. The third-order valence-corrected chi connectivity index (χ3v) is 2.38. The molecular weight excluding hydrogens is 149 g/mol. The summed E-state index contributed by atoms with van der Waals surface area (Å²) in [6.07, 6.45) is 0.593. The molecule has 3 unspecified atom stereocenters. The summed E-state index contributed by atoms with van der Waals surface area (Å²) in [4.78, 5) is 15.8. The molecule has 1 saturated carbocycles. The fourth-order valence-electron chi connectivity index (χ4n) is 1.75. The number of rotatable bonds is 0. The standard InChI is InChI=1S/C7H10FNO2/c8-5-3-1-2-4-6(5)11-9-7(4)10/h4-6H,1-3H2,(H,9,10). The van der Waals surface area contributed by atoms with Crippen LogP contribution in [0, 0.1) is 5.92 Å². The van der Waals surface area contributed by atoms with Crippen LogP contribution in [0.25, 0.3) is 0 Å². The van der Waals surface area contributed by atoms with Crippen molar-refractivity contribution in [1.82, 2.24) is 5.48 Å². The van der Waals surface area contributed by atoms with Gasteiger partial charge in [0, 0.05) is 0 Å². The first-order valence-electron chi connectivity index (χ1n) is 3.88. The molecule has 2 rings (SSSR count). The SMILES string of the molecule is O=C1NOC2C(F)CCCC12. The predicted octanol–water partition coefficient (Wildman–Crippen LogP) is 0.555. The van der Waals surface area contributed by atoms with Crippen LogP contribution in [0.4, 0.5) is 4.39 Å². The van der Waals surface area contributed by atoms with Crippen molar-refractivity contribution >= 4 is 5.91 Å². The van der Waals surface area contributed by atoms with E-state index in [2.05, 4.69) is 5.48 Å². The molecule has 11 heavy (non-hydrogen) atoms. The van der Waals surface area contributed by atoms with Crippen molar-refractivity contribution in [3.63, 3.8) is 0 Å². The molecule has 0 spiro atoms. The zero-order valence-electron chi connectivity index (χ0n) is 6.05. The number of hydrogen-bond donors (Lipinski definition) is 1. The number of hydrogen-bond acceptors (Lipinski definition) is 2. The van der Waals surface area contributed by atoms with E-state index >= 15 is 0 Å². The van der Waals surface area contributed by atoms with Crippen molar-refractivity contribution < 1.29 is 14.0 Å². The fourth-order valence-corrected chi connectivity index (χ4v) is 1.75. The second kappa shape index (κ2) is 2.44. The van der Waals surface area contributed by atoms with Crippen molar-refractivity contribution in [2.45, 2.75) is 31.5 Å². The number of alkyl halides is 1. The van der Waals surface area contributed by atoms with E-state index in [9.17, 15) is 9.18 Å². The average Bonchev–Trinajstić information content (AvgIpc) is 2.35. The van der Waals surface area contributed by atoms with E-state index in [1.807, 2.05) is 0 Å². The second-order valence-corrected chi connectivity index (χ2v) is 3.10. The highest BCUT2D eigenvalue weighted by Gasteiger charge is 2.43. The van der Waals surface area contributed by atoms with E-state index in [4.69, 9.17) is 4.84 Å². The van der Waals surface area contributed by atoms with Crippen LogP contribution in [0.3, 0.4) is 0 Å². The van der Waals surface area contributed by atoms with Gasteiger partial charge < -0.3 is 0 Å². The summed E-state index contributed by atoms with van der Waals surface area (Å²) in [5, 5.41) is 0. The van der Waals surface area contributed by atoms with E-state index in [1.54, 1.807) is 0 Å². The van der Waals surface area contributed by atoms with Crippen molar-refractivity contribution in [2.75, 3.05) is 0 Å². The lowest BCUT2D eigenvalue weighted by molar-refractivity contribution is -0.126. The van der Waals surface area contributed by atoms with E-state index in [0.29, 0.717) is 6.42 Å². The first-order chi connectivity index (χ1) is 5.29. The molecular formula is C7H10FNO2. The fraction of sp³-hybridized carbons (Fsp3) is 0.857. The molecule has 0 radical (unpaired) electrons. The topological polar surface area (TPSA) is 38.3 Å². The van der Waals surface area contributed by atoms with Crippen LogP contribution in [-0.4, -0.2) is 18.2 Å². The van der Waals surface area contributed by atoms with Gasteiger partial charge in [0.05, 0.1) is 5.92 Å². The van der Waals surface area contributed by atoms with Gasteiger partial charge in [0.1, 0.15) is 12.3 Å². The molecule has 0 aromatic heterocycles. The molecule has 0 aromatic carbocycles. The molecule has 3 nitrogen and oxygen atoms in total. The lowest BCUT2D eigenvalue weighted by Crippen LogP contribution is -2.34. The third-order valence-electron chi connectivity index (χ3n) is 2.38. The van der Waals surface area contributed by atoms with Crippen molar-refractivity contribution in [3.8, 4) is 0 Å². The molecule has 0 aromatic rings. The molecule has 4 heteroatoms. The molecule has 1 aliphatic carbocycles. The van der Waals surface area contributed by atoms with Gasteiger partial charge in [-0.2, -0.15) is 0 Å². The van der Waals surface area contributed by atoms with Crippen LogP contribution >= 0.6 is 0 Å². The molecule has 3 atom stereocenters. The first-order valence-corrected chi connectivity index (χ1v) is 3.88. The number of halogens is 1. The zero-order valence-corrected chi connectivity index (χ0v) is 6.05. The number of nitrogens with one attached hydrogen (secondary N) is 1. The highest BCUT2D eigenvalue weighted by atomic mass is 19.1. The summed E-state index contributed by atoms with van der Waals surface area (Å²) in [5.74, 6) is -0.393. The monoisotopic (exact) mass is 159 g/mol. The minimum atomic E-state index is -0.965. The molecule has 1 amide bonds. The Balaban J connectivity index is 2.12. The molecule has 2 fully saturated rings. The van der Waals surface area contributed by atoms with Crippen LogP contribution in [0.15, 0.2) is 0 Å². The zero-order chi connectivity index (χ0) is 7.84. The van der Waals surface area contributed by atoms with Crippen molar-refractivity contribution in [3.05, 3.63) is 0 Å². The van der Waals surface area contributed by atoms with E-state index in [-0.39, 0.29) is 11.8 Å². The summed E-state index contributed by atoms with van der Waals surface area (Å²) < 4.78 is 13.0. The highest BCUT2D eigenvalue weighted by molar-refractivity contribution is 5.80. The number of hydroxylamine groups is 1. The van der Waals surface area contributed by atoms with Crippen LogP contribution in [0.5, 0.6) is 0 Å². The Bertz CT molecular complexity index is 185. The van der Waals surface area contributed by atoms with Gasteiger partial charge in [-0.1, -0.05) is 0 Å². The molecule has 1 saturated heterocycles. The Morgan fingerprint density at radius 1 is 1.55 bits per heavy atom. The Kier molecular flexibility index (Phi) is 1.56. The first kappa shape index (κ1) is 7.03. The maximum Gasteiger partial charge on any atom is 0.249 e. The van der Waals surface area contributed by atoms with Gasteiger partial charge in [0.25, 0.3) is 0 Å². The quantitative estimate of drug-likeness (QED) is 0.560. The van der Waals surface area contributed by atoms with Crippen LogP contribution in [0.1, 0.15) is 19.3 Å². The van der Waals surface area contributed by atoms with Crippen LogP contribution < -0.4 is 5.48 Å². The maximum atomic E-state index is 13.0. The summed E-state index contributed by atoms with van der Waals surface area (Å²) in [6.45, 7) is 0. The number of carbonyl (C=O) groups is 1. The summed E-state index contributed by atoms with van der Waals surface area (Å²) >= 11 is 0. The molecule has 1 aliphatic heterocycles. The second-order valence-electron chi connectivity index (χ2n) is 3.10. The normalized spacial score (nSPS) is 43.4. The predicted molar refractivity (Wildman–Crippen MR) is 35.3 cm³/mol. The van der Waals surface area contributed by atoms with Crippen LogP contribution in [-0.2, 0) is 9.63 Å². The van der Waals surface area contributed by atoms with Crippen molar-refractivity contribution in [1.29, 1.82) is 0 Å². The smallest absolute Gasteiger partial charge is 0.249 e. The number of carbonyl (C=O) groups excluding carboxylic acids is 1. The van der Waals surface area contributed by atoms with Gasteiger partial charge in [-0.3, -0.25) is 9.63 Å². The van der Waals surface area contributed by atoms with Gasteiger partial charge in [-0.15, -0.1) is 0 Å². The van der Waals surface area contributed by atoms with E-state index < -0.39 is 12.3 Å². The Hall–Kier alpha value is -0.640. The molecule has 62 valence electrons. The van der Waals surface area contributed by atoms with Gasteiger partial charge in [0.15, 0.2) is 0 Å². The molecule has 0 bridgehead atoms. The highest BCUT2D eigenvalue weighted by Crippen LogP contribution is 2.31. The van der Waals surface area contributed by atoms with E-state index in [1.165, 1.54) is 0 Å². The lowest BCUT2D eigenvalue weighted by Gasteiger charge is -2.23. The van der Waals surface area contributed by atoms with E-state index in [0.717, 1.165) is 12.8 Å². The van der Waals surface area contributed by atoms with Gasteiger partial charge in [-0.05, 0) is 19.3 Å². The van der Waals surface area contributed by atoms with Gasteiger partial charge in [-0.25, -0.2) is 9.87 Å². The summed E-state index contributed by atoms with van der Waals surface area (Å²) in [6, 6.07) is 0. The Morgan fingerprint density at radius 2 is 2.36 bits per heavy atom. The van der Waals surface area contributed by atoms with Gasteiger partial charge >= 0.3 is 0 Å². The summed E-state index contributed by atoms with van der Waals surface area (Å²) in [5.41, 5.74) is 2.21. The molecule has 1 N–H and O–H groups in total. The Morgan fingerprint density at radius 3 is 3.09 bits per heavy atom. The minimum absolute atomic E-state index is 0.155. The van der Waals surface area contributed by atoms with Crippen molar-refractivity contribution in [2.24, 2.45) is 5.92 Å². The Labute approximate surface area is 63.9 Å². The van der Waals surface area contributed by atoms with Gasteiger partial charge in [0.2, 0.25) is 5.91 Å². The summed E-state index contributed by atoms with van der Waals surface area (Å²) in [7, 11) is 0. The number of amides is 1. The third kappa shape index (κ3) is 1.01. The largest absolute Gasteiger partial charge is 0.272 e. The lowest BCUT2D eigenvalue weighted by atomic mass is 9.85. The van der Waals surface area contributed by atoms with Crippen LogP contribution in [0.2, 0.25) is 0 Å². The maximum absolute atomic E-state index is 13.0. The minimum Gasteiger partial charge on any atom is -0.272 e. The average molecular weight is 159 g/mol.